The maximum Gasteiger partial charge on any atom is 0.119 e. The summed E-state index contributed by atoms with van der Waals surface area (Å²) in [4.78, 5) is 4.74. The zero-order valence-corrected chi connectivity index (χ0v) is 18.1. The van der Waals surface area contributed by atoms with Crippen LogP contribution in [0.1, 0.15) is 50.5 Å². The van der Waals surface area contributed by atoms with Crippen molar-refractivity contribution in [2.45, 2.75) is 56.5 Å². The third-order valence-electron chi connectivity index (χ3n) is 8.23. The molecule has 0 radical (unpaired) electrons. The molecule has 0 unspecified atom stereocenters. The number of ether oxygens (including phenoxy) is 1. The number of hydrogen-bond donors (Lipinski definition) is 1. The Bertz CT molecular complexity index is 653. The average Bonchev–Trinajstić information content (AvgIpc) is 2.90. The topological polar surface area (TPSA) is 35.9 Å². The largest absolute Gasteiger partial charge is 0.491 e. The fraction of sp³-hybridized carbons (Fsp3) is 0.760. The van der Waals surface area contributed by atoms with Crippen molar-refractivity contribution in [3.63, 3.8) is 0 Å². The van der Waals surface area contributed by atoms with E-state index in [9.17, 15) is 5.11 Å². The number of likely N-dealkylation sites (N-methyl/N-ethyl adjacent to an activating group) is 1. The van der Waals surface area contributed by atoms with E-state index in [2.05, 4.69) is 41.1 Å². The van der Waals surface area contributed by atoms with Gasteiger partial charge in [-0.15, -0.1) is 0 Å². The molecule has 29 heavy (non-hydrogen) atoms. The Morgan fingerprint density at radius 1 is 0.966 bits per heavy atom. The highest BCUT2D eigenvalue weighted by atomic mass is 16.5. The fourth-order valence-electron chi connectivity index (χ4n) is 7.19. The predicted octanol–water partition coefficient (Wildman–Crippen LogP) is 3.53. The van der Waals surface area contributed by atoms with Gasteiger partial charge in [0.15, 0.2) is 0 Å². The van der Waals surface area contributed by atoms with Crippen LogP contribution < -0.4 is 4.74 Å². The minimum absolute atomic E-state index is 0.378. The maximum atomic E-state index is 10.4. The molecule has 6 rings (SSSR count). The summed E-state index contributed by atoms with van der Waals surface area (Å²) in [6, 6.07) is 8.92. The molecule has 1 aliphatic heterocycles. The van der Waals surface area contributed by atoms with Crippen LogP contribution >= 0.6 is 0 Å². The van der Waals surface area contributed by atoms with Crippen LogP contribution in [0, 0.1) is 17.8 Å². The summed E-state index contributed by atoms with van der Waals surface area (Å²) in [6.07, 6.45) is 9.44. The van der Waals surface area contributed by atoms with Crippen LogP contribution in [-0.2, 0) is 5.41 Å². The van der Waals surface area contributed by atoms with Crippen molar-refractivity contribution in [3.05, 3.63) is 29.8 Å². The molecule has 0 aromatic heterocycles. The molecule has 0 spiro atoms. The fourth-order valence-corrected chi connectivity index (χ4v) is 7.19. The van der Waals surface area contributed by atoms with Gasteiger partial charge in [0.05, 0.1) is 0 Å². The van der Waals surface area contributed by atoms with Crippen LogP contribution in [0.5, 0.6) is 5.75 Å². The van der Waals surface area contributed by atoms with Crippen LogP contribution in [0.25, 0.3) is 0 Å². The lowest BCUT2D eigenvalue weighted by Crippen LogP contribution is -2.48. The Kier molecular flexibility index (Phi) is 5.61. The van der Waals surface area contributed by atoms with E-state index >= 15 is 0 Å². The number of aliphatic hydroxyl groups is 1. The normalized spacial score (nSPS) is 36.1. The number of β-amino-alcohol motifs (C(OH)–C–C–N with tert-alkyl or cyclic N) is 1. The van der Waals surface area contributed by atoms with Crippen LogP contribution in [-0.4, -0.2) is 67.4 Å². The van der Waals surface area contributed by atoms with Crippen molar-refractivity contribution < 1.29 is 9.84 Å². The van der Waals surface area contributed by atoms with E-state index < -0.39 is 6.10 Å². The Morgan fingerprint density at radius 2 is 1.62 bits per heavy atom. The first-order chi connectivity index (χ1) is 14.1. The summed E-state index contributed by atoms with van der Waals surface area (Å²) in [5.41, 5.74) is 1.99. The van der Waals surface area contributed by atoms with Gasteiger partial charge in [0.1, 0.15) is 18.5 Å². The van der Waals surface area contributed by atoms with Gasteiger partial charge < -0.3 is 14.7 Å². The highest BCUT2D eigenvalue weighted by Crippen LogP contribution is 2.60. The summed E-state index contributed by atoms with van der Waals surface area (Å²) >= 11 is 0. The van der Waals surface area contributed by atoms with E-state index in [1.807, 2.05) is 0 Å². The Labute approximate surface area is 176 Å². The summed E-state index contributed by atoms with van der Waals surface area (Å²) in [6.45, 7) is 5.43. The van der Waals surface area contributed by atoms with E-state index in [1.54, 1.807) is 0 Å². The lowest BCUT2D eigenvalue weighted by atomic mass is 9.48. The molecule has 5 aliphatic rings. The van der Waals surface area contributed by atoms with Gasteiger partial charge in [-0.05, 0) is 106 Å². The second-order valence-electron chi connectivity index (χ2n) is 10.6. The molecule has 0 amide bonds. The van der Waals surface area contributed by atoms with Crippen molar-refractivity contribution in [3.8, 4) is 5.75 Å². The number of nitrogens with zero attached hydrogens (tertiary/aromatic N) is 2. The van der Waals surface area contributed by atoms with Gasteiger partial charge in [-0.25, -0.2) is 0 Å². The highest BCUT2D eigenvalue weighted by molar-refractivity contribution is 5.34. The number of rotatable bonds is 6. The number of aliphatic hydroxyl groups excluding tert-OH is 1. The summed E-state index contributed by atoms with van der Waals surface area (Å²) < 4.78 is 5.95. The molecule has 1 saturated heterocycles. The standard InChI is InChI=1S/C25H38N2O2/c1-26-7-2-8-27(10-9-26)17-23(28)18-29-24-5-3-22(4-6-24)25-14-19-11-20(15-25)13-21(12-19)16-25/h3-6,19-21,23,28H,2,7-18H2,1H3/t19?,20?,21?,23-,25?/m0/s1. The molecule has 1 atom stereocenters. The average molecular weight is 399 g/mol. The molecule has 1 aromatic rings. The monoisotopic (exact) mass is 398 g/mol. The quantitative estimate of drug-likeness (QED) is 0.795. The van der Waals surface area contributed by atoms with Crippen molar-refractivity contribution >= 4 is 0 Å². The predicted molar refractivity (Wildman–Crippen MR) is 116 cm³/mol. The third-order valence-corrected chi connectivity index (χ3v) is 8.23. The van der Waals surface area contributed by atoms with Crippen molar-refractivity contribution in [2.24, 2.45) is 17.8 Å². The zero-order valence-electron chi connectivity index (χ0n) is 18.1. The van der Waals surface area contributed by atoms with Gasteiger partial charge >= 0.3 is 0 Å². The third kappa shape index (κ3) is 4.35. The van der Waals surface area contributed by atoms with E-state index in [4.69, 9.17) is 4.74 Å². The van der Waals surface area contributed by atoms with Crippen molar-refractivity contribution in [1.82, 2.24) is 9.80 Å². The molecule has 1 aromatic carbocycles. The second kappa shape index (κ2) is 8.20. The van der Waals surface area contributed by atoms with Crippen molar-refractivity contribution in [2.75, 3.05) is 46.4 Å². The molecule has 4 bridgehead atoms. The molecule has 5 fully saturated rings. The first kappa shape index (κ1) is 19.8. The molecular formula is C25H38N2O2. The molecule has 4 heteroatoms. The van der Waals surface area contributed by atoms with Gasteiger partial charge in [0.25, 0.3) is 0 Å². The Balaban J connectivity index is 1.14. The molecular weight excluding hydrogens is 360 g/mol. The number of benzene rings is 1. The molecule has 160 valence electrons. The first-order valence-electron chi connectivity index (χ1n) is 11.9. The lowest BCUT2D eigenvalue weighted by molar-refractivity contribution is -0.00522. The Morgan fingerprint density at radius 3 is 2.28 bits per heavy atom. The van der Waals surface area contributed by atoms with Gasteiger partial charge in [0.2, 0.25) is 0 Å². The van der Waals surface area contributed by atoms with Gasteiger partial charge in [-0.3, -0.25) is 4.90 Å². The molecule has 4 nitrogen and oxygen atoms in total. The molecule has 1 N–H and O–H groups in total. The second-order valence-corrected chi connectivity index (χ2v) is 10.6. The van der Waals surface area contributed by atoms with Gasteiger partial charge in [-0.1, -0.05) is 12.1 Å². The maximum absolute atomic E-state index is 10.4. The van der Waals surface area contributed by atoms with Gasteiger partial charge in [0, 0.05) is 19.6 Å². The van der Waals surface area contributed by atoms with E-state index in [-0.39, 0.29) is 0 Å². The molecule has 4 saturated carbocycles. The van der Waals surface area contributed by atoms with Crippen LogP contribution in [0.15, 0.2) is 24.3 Å². The highest BCUT2D eigenvalue weighted by Gasteiger charge is 2.51. The minimum Gasteiger partial charge on any atom is -0.491 e. The van der Waals surface area contributed by atoms with Crippen LogP contribution in [0.2, 0.25) is 0 Å². The first-order valence-corrected chi connectivity index (χ1v) is 11.9. The number of hydrogen-bond acceptors (Lipinski definition) is 4. The van der Waals surface area contributed by atoms with E-state index in [0.717, 1.165) is 49.7 Å². The van der Waals surface area contributed by atoms with Gasteiger partial charge in [-0.2, -0.15) is 0 Å². The SMILES string of the molecule is CN1CCCN(C[C@H](O)COc2ccc(C34CC5CC(CC(C5)C3)C4)cc2)CC1. The lowest BCUT2D eigenvalue weighted by Gasteiger charge is -2.57. The summed E-state index contributed by atoms with van der Waals surface area (Å²) in [7, 11) is 2.18. The molecule has 1 heterocycles. The van der Waals surface area contributed by atoms with Crippen LogP contribution in [0.4, 0.5) is 0 Å². The van der Waals surface area contributed by atoms with E-state index in [0.29, 0.717) is 18.6 Å². The van der Waals surface area contributed by atoms with Crippen LogP contribution in [0.3, 0.4) is 0 Å². The summed E-state index contributed by atoms with van der Waals surface area (Å²) in [5, 5.41) is 10.4. The van der Waals surface area contributed by atoms with E-state index in [1.165, 1.54) is 50.5 Å². The summed E-state index contributed by atoms with van der Waals surface area (Å²) in [5.74, 6) is 3.83. The van der Waals surface area contributed by atoms with Crippen molar-refractivity contribution in [1.29, 1.82) is 0 Å². The zero-order chi connectivity index (χ0) is 19.8. The smallest absolute Gasteiger partial charge is 0.119 e. The minimum atomic E-state index is -0.429. The molecule has 4 aliphatic carbocycles. The Hall–Kier alpha value is -1.10.